The molecule has 0 bridgehead atoms. The van der Waals surface area contributed by atoms with Crippen molar-refractivity contribution in [3.63, 3.8) is 0 Å². The van der Waals surface area contributed by atoms with Gasteiger partial charge in [-0.05, 0) is 56.0 Å². The summed E-state index contributed by atoms with van der Waals surface area (Å²) in [5.41, 5.74) is 3.41. The third-order valence-corrected chi connectivity index (χ3v) is 6.04. The number of carbonyl (C=O) groups excluding carboxylic acids is 2. The zero-order valence-electron chi connectivity index (χ0n) is 20.3. The van der Waals surface area contributed by atoms with Crippen molar-refractivity contribution in [2.75, 3.05) is 0 Å². The van der Waals surface area contributed by atoms with Crippen molar-refractivity contribution < 1.29 is 9.59 Å². The lowest BCUT2D eigenvalue weighted by Gasteiger charge is -2.34. The summed E-state index contributed by atoms with van der Waals surface area (Å²) >= 11 is 6.37. The molecule has 0 saturated carbocycles. The Hall–Kier alpha value is -3.11. The van der Waals surface area contributed by atoms with Crippen LogP contribution in [0.1, 0.15) is 43.0 Å². The highest BCUT2D eigenvalue weighted by Crippen LogP contribution is 2.21. The lowest BCUT2D eigenvalue weighted by Crippen LogP contribution is -2.54. The quantitative estimate of drug-likeness (QED) is 0.450. The van der Waals surface area contributed by atoms with Crippen molar-refractivity contribution in [3.8, 4) is 0 Å². The van der Waals surface area contributed by atoms with Crippen LogP contribution in [0.5, 0.6) is 0 Å². The van der Waals surface area contributed by atoms with Gasteiger partial charge in [-0.25, -0.2) is 0 Å². The number of halogens is 1. The molecule has 0 unspecified atom stereocenters. The summed E-state index contributed by atoms with van der Waals surface area (Å²) in [5, 5.41) is 3.64. The Morgan fingerprint density at radius 2 is 1.47 bits per heavy atom. The number of aryl methyl sites for hydroxylation is 1. The van der Waals surface area contributed by atoms with Crippen LogP contribution in [-0.4, -0.2) is 28.3 Å². The van der Waals surface area contributed by atoms with Crippen molar-refractivity contribution in [1.29, 1.82) is 0 Å². The van der Waals surface area contributed by atoms with E-state index < -0.39 is 11.6 Å². The Bertz CT molecular complexity index is 1120. The second-order valence-corrected chi connectivity index (χ2v) is 10.1. The number of amides is 2. The van der Waals surface area contributed by atoms with Crippen molar-refractivity contribution in [1.82, 2.24) is 10.2 Å². The number of carbonyl (C=O) groups is 2. The minimum Gasteiger partial charge on any atom is -0.350 e. The molecule has 0 aliphatic rings. The van der Waals surface area contributed by atoms with Crippen LogP contribution in [0.2, 0.25) is 5.02 Å². The third-order valence-electron chi connectivity index (χ3n) is 5.67. The van der Waals surface area contributed by atoms with E-state index in [-0.39, 0.29) is 18.2 Å². The molecule has 1 atom stereocenters. The lowest BCUT2D eigenvalue weighted by atomic mass is 9.99. The molecule has 0 heterocycles. The van der Waals surface area contributed by atoms with E-state index in [0.29, 0.717) is 18.0 Å². The third kappa shape index (κ3) is 7.19. The molecule has 2 amide bonds. The van der Waals surface area contributed by atoms with Gasteiger partial charge in [-0.2, -0.15) is 0 Å². The van der Waals surface area contributed by atoms with Crippen molar-refractivity contribution in [2.24, 2.45) is 0 Å². The van der Waals surface area contributed by atoms with Crippen LogP contribution >= 0.6 is 11.6 Å². The zero-order chi connectivity index (χ0) is 24.7. The molecule has 0 spiro atoms. The summed E-state index contributed by atoms with van der Waals surface area (Å²) in [6.45, 7) is 8.20. The summed E-state index contributed by atoms with van der Waals surface area (Å²) < 4.78 is 0. The van der Waals surface area contributed by atoms with Gasteiger partial charge in [-0.15, -0.1) is 0 Å². The minimum absolute atomic E-state index is 0.125. The average molecular weight is 477 g/mol. The number of nitrogens with zero attached hydrogens (tertiary/aromatic N) is 1. The maximum absolute atomic E-state index is 13.8. The number of nitrogens with one attached hydrogen (secondary N) is 1. The first kappa shape index (κ1) is 25.5. The molecule has 4 nitrogen and oxygen atoms in total. The summed E-state index contributed by atoms with van der Waals surface area (Å²) in [4.78, 5) is 29.1. The fraction of sp³-hybridized carbons (Fsp3) is 0.310. The maximum Gasteiger partial charge on any atom is 0.243 e. The minimum atomic E-state index is -0.670. The monoisotopic (exact) mass is 476 g/mol. The van der Waals surface area contributed by atoms with Gasteiger partial charge in [0.1, 0.15) is 6.04 Å². The van der Waals surface area contributed by atoms with E-state index in [1.165, 1.54) is 0 Å². The van der Waals surface area contributed by atoms with Gasteiger partial charge in [-0.1, -0.05) is 84.4 Å². The Morgan fingerprint density at radius 1 is 0.882 bits per heavy atom. The first-order valence-corrected chi connectivity index (χ1v) is 11.9. The van der Waals surface area contributed by atoms with Gasteiger partial charge in [0.05, 0.1) is 6.42 Å². The molecule has 0 aliphatic heterocycles. The molecule has 34 heavy (non-hydrogen) atoms. The average Bonchev–Trinajstić information content (AvgIpc) is 2.78. The molecule has 0 radical (unpaired) electrons. The van der Waals surface area contributed by atoms with E-state index in [1.807, 2.05) is 100 Å². The molecule has 178 valence electrons. The second-order valence-electron chi connectivity index (χ2n) is 9.66. The number of hydrogen-bond donors (Lipinski definition) is 1. The van der Waals surface area contributed by atoms with Gasteiger partial charge in [-0.3, -0.25) is 9.59 Å². The van der Waals surface area contributed by atoms with E-state index in [1.54, 1.807) is 11.0 Å². The van der Waals surface area contributed by atoms with E-state index in [4.69, 9.17) is 11.6 Å². The van der Waals surface area contributed by atoms with Gasteiger partial charge >= 0.3 is 0 Å². The highest BCUT2D eigenvalue weighted by atomic mass is 35.5. The van der Waals surface area contributed by atoms with Crippen molar-refractivity contribution in [3.05, 3.63) is 106 Å². The number of hydrogen-bond acceptors (Lipinski definition) is 2. The predicted octanol–water partition coefficient (Wildman–Crippen LogP) is 5.75. The molecule has 0 aromatic heterocycles. The maximum atomic E-state index is 13.8. The standard InChI is InChI=1S/C29H33ClN2O2/c1-21-12-8-9-16-24(21)20-32(27(33)19-23-15-10-11-17-25(23)30)26(28(34)31-29(2,3)4)18-22-13-6-5-7-14-22/h5-17,26H,18-20H2,1-4H3,(H,31,34)/t26-/m1/s1. The molecule has 3 aromatic carbocycles. The highest BCUT2D eigenvalue weighted by Gasteiger charge is 2.32. The smallest absolute Gasteiger partial charge is 0.243 e. The molecule has 5 heteroatoms. The number of benzene rings is 3. The molecule has 0 aliphatic carbocycles. The Kier molecular flexibility index (Phi) is 8.51. The Balaban J connectivity index is 2.01. The van der Waals surface area contributed by atoms with Crippen LogP contribution in [0.3, 0.4) is 0 Å². The fourth-order valence-corrected chi connectivity index (χ4v) is 4.09. The van der Waals surface area contributed by atoms with Gasteiger partial charge in [0.25, 0.3) is 0 Å². The first-order chi connectivity index (χ1) is 16.1. The van der Waals surface area contributed by atoms with Gasteiger partial charge in [0.2, 0.25) is 11.8 Å². The normalized spacial score (nSPS) is 12.1. The van der Waals surface area contributed by atoms with Crippen LogP contribution in [0.15, 0.2) is 78.9 Å². The van der Waals surface area contributed by atoms with Crippen molar-refractivity contribution in [2.45, 2.75) is 58.7 Å². The lowest BCUT2D eigenvalue weighted by molar-refractivity contribution is -0.141. The van der Waals surface area contributed by atoms with Crippen LogP contribution in [0, 0.1) is 6.92 Å². The van der Waals surface area contributed by atoms with Gasteiger partial charge < -0.3 is 10.2 Å². The first-order valence-electron chi connectivity index (χ1n) is 11.6. The van der Waals surface area contributed by atoms with Crippen LogP contribution < -0.4 is 5.32 Å². The summed E-state index contributed by atoms with van der Waals surface area (Å²) in [7, 11) is 0. The molecular weight excluding hydrogens is 444 g/mol. The van der Waals surface area contributed by atoms with Crippen molar-refractivity contribution >= 4 is 23.4 Å². The SMILES string of the molecule is Cc1ccccc1CN(C(=O)Cc1ccccc1Cl)[C@H](Cc1ccccc1)C(=O)NC(C)(C)C. The molecule has 0 saturated heterocycles. The van der Waals surface area contributed by atoms with Crippen LogP contribution in [-0.2, 0) is 29.0 Å². The van der Waals surface area contributed by atoms with E-state index in [0.717, 1.165) is 22.3 Å². The number of rotatable bonds is 8. The van der Waals surface area contributed by atoms with Gasteiger partial charge in [0, 0.05) is 23.5 Å². The highest BCUT2D eigenvalue weighted by molar-refractivity contribution is 6.31. The predicted molar refractivity (Wildman–Crippen MR) is 139 cm³/mol. The van der Waals surface area contributed by atoms with E-state index in [9.17, 15) is 9.59 Å². The summed E-state index contributed by atoms with van der Waals surface area (Å²) in [5.74, 6) is -0.307. The molecular formula is C29H33ClN2O2. The summed E-state index contributed by atoms with van der Waals surface area (Å²) in [6, 6.07) is 24.5. The molecule has 0 fully saturated rings. The van der Waals surface area contributed by atoms with Gasteiger partial charge in [0.15, 0.2) is 0 Å². The Labute approximate surface area is 207 Å². The van der Waals surface area contributed by atoms with E-state index >= 15 is 0 Å². The molecule has 3 rings (SSSR count). The van der Waals surface area contributed by atoms with Crippen LogP contribution in [0.25, 0.3) is 0 Å². The second kappa shape index (κ2) is 11.3. The molecule has 1 N–H and O–H groups in total. The van der Waals surface area contributed by atoms with Crippen LogP contribution in [0.4, 0.5) is 0 Å². The topological polar surface area (TPSA) is 49.4 Å². The fourth-order valence-electron chi connectivity index (χ4n) is 3.88. The largest absolute Gasteiger partial charge is 0.350 e. The molecule has 3 aromatic rings. The summed E-state index contributed by atoms with van der Waals surface area (Å²) in [6.07, 6.45) is 0.544. The Morgan fingerprint density at radius 3 is 2.09 bits per heavy atom. The van der Waals surface area contributed by atoms with E-state index in [2.05, 4.69) is 5.32 Å². The zero-order valence-corrected chi connectivity index (χ0v) is 21.1.